The molecule has 100 valence electrons. The average Bonchev–Trinajstić information content (AvgIpc) is 2.88. The van der Waals surface area contributed by atoms with Crippen LogP contribution in [0.25, 0.3) is 0 Å². The first kappa shape index (κ1) is 13.0. The number of aryl methyl sites for hydroxylation is 1. The summed E-state index contributed by atoms with van der Waals surface area (Å²) in [5.41, 5.74) is -0.245. The third kappa shape index (κ3) is 3.29. The van der Waals surface area contributed by atoms with Crippen molar-refractivity contribution < 1.29 is 4.79 Å². The predicted octanol–water partition coefficient (Wildman–Crippen LogP) is 0.174. The van der Waals surface area contributed by atoms with Crippen molar-refractivity contribution >= 4 is 5.91 Å². The predicted molar refractivity (Wildman–Crippen MR) is 67.9 cm³/mol. The number of hydrogen-bond donors (Lipinski definition) is 2. The summed E-state index contributed by atoms with van der Waals surface area (Å²) >= 11 is 0. The summed E-state index contributed by atoms with van der Waals surface area (Å²) in [4.78, 5) is 12.1. The SMILES string of the molecule is CC1(C(=O)NCCCn2ccnn2)CCCNC1. The van der Waals surface area contributed by atoms with Gasteiger partial charge in [-0.25, -0.2) is 0 Å². The highest BCUT2D eigenvalue weighted by Gasteiger charge is 2.34. The van der Waals surface area contributed by atoms with E-state index in [2.05, 4.69) is 20.9 Å². The number of aromatic nitrogens is 3. The minimum atomic E-state index is -0.245. The lowest BCUT2D eigenvalue weighted by atomic mass is 9.82. The minimum Gasteiger partial charge on any atom is -0.356 e. The fourth-order valence-electron chi connectivity index (χ4n) is 2.26. The monoisotopic (exact) mass is 251 g/mol. The standard InChI is InChI=1S/C12H21N5O/c1-12(4-2-5-13-10-12)11(18)14-6-3-8-17-9-7-15-16-17/h7,9,13H,2-6,8,10H2,1H3,(H,14,18). The molecule has 2 N–H and O–H groups in total. The van der Waals surface area contributed by atoms with Gasteiger partial charge in [-0.05, 0) is 32.7 Å². The van der Waals surface area contributed by atoms with E-state index in [1.807, 2.05) is 13.1 Å². The summed E-state index contributed by atoms with van der Waals surface area (Å²) in [6.45, 7) is 5.31. The number of carbonyl (C=O) groups excluding carboxylic acids is 1. The molecule has 1 amide bonds. The Kier molecular flexibility index (Phi) is 4.30. The molecule has 1 aliphatic rings. The molecule has 0 bridgehead atoms. The maximum atomic E-state index is 12.1. The summed E-state index contributed by atoms with van der Waals surface area (Å²) in [6.07, 6.45) is 6.40. The van der Waals surface area contributed by atoms with Gasteiger partial charge in [-0.1, -0.05) is 5.21 Å². The van der Waals surface area contributed by atoms with Crippen LogP contribution in [-0.2, 0) is 11.3 Å². The van der Waals surface area contributed by atoms with Gasteiger partial charge in [0.15, 0.2) is 0 Å². The number of carbonyl (C=O) groups is 1. The summed E-state index contributed by atoms with van der Waals surface area (Å²) in [7, 11) is 0. The number of nitrogens with one attached hydrogen (secondary N) is 2. The summed E-state index contributed by atoms with van der Waals surface area (Å²) in [5, 5.41) is 13.9. The van der Waals surface area contributed by atoms with Gasteiger partial charge >= 0.3 is 0 Å². The van der Waals surface area contributed by atoms with Gasteiger partial charge in [0.25, 0.3) is 0 Å². The van der Waals surface area contributed by atoms with Crippen molar-refractivity contribution in [3.05, 3.63) is 12.4 Å². The lowest BCUT2D eigenvalue weighted by Gasteiger charge is -2.32. The normalized spacial score (nSPS) is 23.8. The molecule has 1 aromatic heterocycles. The van der Waals surface area contributed by atoms with E-state index in [9.17, 15) is 4.79 Å². The Hall–Kier alpha value is -1.43. The van der Waals surface area contributed by atoms with E-state index in [4.69, 9.17) is 0 Å². The zero-order valence-corrected chi connectivity index (χ0v) is 10.9. The third-order valence-corrected chi connectivity index (χ3v) is 3.47. The van der Waals surface area contributed by atoms with Crippen LogP contribution in [0.5, 0.6) is 0 Å². The van der Waals surface area contributed by atoms with Crippen molar-refractivity contribution in [3.63, 3.8) is 0 Å². The molecular weight excluding hydrogens is 230 g/mol. The van der Waals surface area contributed by atoms with E-state index in [0.29, 0.717) is 6.54 Å². The van der Waals surface area contributed by atoms with Crippen molar-refractivity contribution in [2.45, 2.75) is 32.7 Å². The smallest absolute Gasteiger partial charge is 0.227 e. The Morgan fingerprint density at radius 3 is 3.17 bits per heavy atom. The Morgan fingerprint density at radius 2 is 2.50 bits per heavy atom. The fraction of sp³-hybridized carbons (Fsp3) is 0.750. The van der Waals surface area contributed by atoms with Gasteiger partial charge in [0.2, 0.25) is 5.91 Å². The first-order valence-electron chi connectivity index (χ1n) is 6.54. The van der Waals surface area contributed by atoms with Crippen molar-refractivity contribution in [2.75, 3.05) is 19.6 Å². The van der Waals surface area contributed by atoms with E-state index in [1.165, 1.54) is 0 Å². The van der Waals surface area contributed by atoms with Gasteiger partial charge in [-0.15, -0.1) is 5.10 Å². The first-order valence-corrected chi connectivity index (χ1v) is 6.54. The first-order chi connectivity index (χ1) is 8.71. The zero-order chi connectivity index (χ0) is 12.8. The van der Waals surface area contributed by atoms with Crippen LogP contribution >= 0.6 is 0 Å². The molecule has 2 heterocycles. The molecule has 1 saturated heterocycles. The van der Waals surface area contributed by atoms with Crippen LogP contribution in [0.1, 0.15) is 26.2 Å². The Labute approximate surface area is 107 Å². The quantitative estimate of drug-likeness (QED) is 0.732. The lowest BCUT2D eigenvalue weighted by molar-refractivity contribution is -0.131. The van der Waals surface area contributed by atoms with Crippen LogP contribution in [0.2, 0.25) is 0 Å². The number of nitrogens with zero attached hydrogens (tertiary/aromatic N) is 3. The third-order valence-electron chi connectivity index (χ3n) is 3.47. The summed E-state index contributed by atoms with van der Waals surface area (Å²) in [5.74, 6) is 0.160. The molecule has 6 heteroatoms. The van der Waals surface area contributed by atoms with Gasteiger partial charge in [-0.2, -0.15) is 0 Å². The van der Waals surface area contributed by atoms with Gasteiger partial charge in [0.1, 0.15) is 0 Å². The number of rotatable bonds is 5. The van der Waals surface area contributed by atoms with E-state index in [-0.39, 0.29) is 11.3 Å². The Morgan fingerprint density at radius 1 is 1.61 bits per heavy atom. The summed E-state index contributed by atoms with van der Waals surface area (Å²) < 4.78 is 1.77. The van der Waals surface area contributed by atoms with Crippen molar-refractivity contribution in [2.24, 2.45) is 5.41 Å². The molecule has 0 aliphatic carbocycles. The second kappa shape index (κ2) is 5.95. The van der Waals surface area contributed by atoms with Crippen LogP contribution in [0.4, 0.5) is 0 Å². The minimum absolute atomic E-state index is 0.160. The van der Waals surface area contributed by atoms with Gasteiger partial charge in [0.05, 0.1) is 11.6 Å². The van der Waals surface area contributed by atoms with Crippen molar-refractivity contribution in [1.29, 1.82) is 0 Å². The van der Waals surface area contributed by atoms with Crippen LogP contribution in [0, 0.1) is 5.41 Å². The highest BCUT2D eigenvalue weighted by atomic mass is 16.2. The molecule has 1 unspecified atom stereocenters. The molecule has 18 heavy (non-hydrogen) atoms. The van der Waals surface area contributed by atoms with Crippen LogP contribution in [0.15, 0.2) is 12.4 Å². The van der Waals surface area contributed by atoms with Gasteiger partial charge in [0, 0.05) is 25.8 Å². The maximum absolute atomic E-state index is 12.1. The van der Waals surface area contributed by atoms with Crippen LogP contribution in [0.3, 0.4) is 0 Å². The van der Waals surface area contributed by atoms with E-state index in [0.717, 1.165) is 38.9 Å². The fourth-order valence-corrected chi connectivity index (χ4v) is 2.26. The van der Waals surface area contributed by atoms with Crippen LogP contribution < -0.4 is 10.6 Å². The zero-order valence-electron chi connectivity index (χ0n) is 10.9. The van der Waals surface area contributed by atoms with Crippen molar-refractivity contribution in [3.8, 4) is 0 Å². The highest BCUT2D eigenvalue weighted by Crippen LogP contribution is 2.25. The lowest BCUT2D eigenvalue weighted by Crippen LogP contribution is -2.48. The molecule has 1 aromatic rings. The molecule has 2 rings (SSSR count). The van der Waals surface area contributed by atoms with Gasteiger partial charge < -0.3 is 10.6 Å². The topological polar surface area (TPSA) is 71.8 Å². The molecular formula is C12H21N5O. The molecule has 1 fully saturated rings. The van der Waals surface area contributed by atoms with E-state index in [1.54, 1.807) is 10.9 Å². The second-order valence-electron chi connectivity index (χ2n) is 5.12. The van der Waals surface area contributed by atoms with Crippen molar-refractivity contribution in [1.82, 2.24) is 25.6 Å². The molecule has 0 aromatic carbocycles. The average molecular weight is 251 g/mol. The molecule has 1 aliphatic heterocycles. The Bertz CT molecular complexity index is 370. The van der Waals surface area contributed by atoms with E-state index >= 15 is 0 Å². The molecule has 6 nitrogen and oxygen atoms in total. The number of piperidine rings is 1. The van der Waals surface area contributed by atoms with Gasteiger partial charge in [-0.3, -0.25) is 9.48 Å². The molecule has 0 radical (unpaired) electrons. The molecule has 1 atom stereocenters. The maximum Gasteiger partial charge on any atom is 0.227 e. The summed E-state index contributed by atoms with van der Waals surface area (Å²) in [6, 6.07) is 0. The molecule has 0 spiro atoms. The second-order valence-corrected chi connectivity index (χ2v) is 5.12. The van der Waals surface area contributed by atoms with Crippen LogP contribution in [-0.4, -0.2) is 40.5 Å². The largest absolute Gasteiger partial charge is 0.356 e. The number of hydrogen-bond acceptors (Lipinski definition) is 4. The Balaban J connectivity index is 1.68. The molecule has 0 saturated carbocycles. The van der Waals surface area contributed by atoms with E-state index < -0.39 is 0 Å². The highest BCUT2D eigenvalue weighted by molar-refractivity contribution is 5.82. The number of amides is 1.